The lowest BCUT2D eigenvalue weighted by atomic mass is 9.55. The van der Waals surface area contributed by atoms with Gasteiger partial charge in [-0.25, -0.2) is 0 Å². The molecule has 0 spiro atoms. The Balaban J connectivity index is 0.000000487. The van der Waals surface area contributed by atoms with E-state index >= 15 is 0 Å². The van der Waals surface area contributed by atoms with Gasteiger partial charge >= 0.3 is 0 Å². The van der Waals surface area contributed by atoms with Gasteiger partial charge in [-0.15, -0.1) is 0 Å². The predicted molar refractivity (Wildman–Crippen MR) is 107 cm³/mol. The van der Waals surface area contributed by atoms with Crippen molar-refractivity contribution in [1.29, 1.82) is 0 Å². The van der Waals surface area contributed by atoms with E-state index in [1.165, 1.54) is 38.5 Å². The van der Waals surface area contributed by atoms with E-state index < -0.39 is 0 Å². The minimum Gasteiger partial charge on any atom is -0.325 e. The second-order valence-corrected chi connectivity index (χ2v) is 9.01. The van der Waals surface area contributed by atoms with E-state index in [1.807, 2.05) is 27.7 Å². The normalized spacial score (nSPS) is 46.8. The molecule has 0 bridgehead atoms. The molecule has 2 N–H and O–H groups in total. The van der Waals surface area contributed by atoms with Gasteiger partial charge in [-0.1, -0.05) is 53.4 Å². The molecule has 0 amide bonds. The van der Waals surface area contributed by atoms with Crippen molar-refractivity contribution in [2.75, 3.05) is 0 Å². The summed E-state index contributed by atoms with van der Waals surface area (Å²) in [4.78, 5) is 0. The Morgan fingerprint density at radius 3 is 1.83 bits per heavy atom. The summed E-state index contributed by atoms with van der Waals surface area (Å²) in [6.45, 7) is 10.3. The molecular weight excluding hydrogens is 290 g/mol. The molecule has 1 heteroatoms. The molecule has 7 atom stereocenters. The molecule has 4 aliphatic carbocycles. The molecule has 4 saturated carbocycles. The van der Waals surface area contributed by atoms with Gasteiger partial charge < -0.3 is 5.73 Å². The molecule has 0 heterocycles. The van der Waals surface area contributed by atoms with Gasteiger partial charge in [0.05, 0.1) is 0 Å². The third-order valence-corrected chi connectivity index (χ3v) is 7.74. The second kappa shape index (κ2) is 9.06. The fourth-order valence-electron chi connectivity index (χ4n) is 6.94. The standard InChI is InChI=1S/C19H33N.2C2H6/c1-19(20)11-3-5-14-8-9-16-15-6-2-4-13(15)7-10-17(16)18(14)12-19;2*1-2/h13-18H,2-12,20H2,1H3;2*1-2H3. The van der Waals surface area contributed by atoms with Crippen molar-refractivity contribution >= 4 is 0 Å². The Bertz CT molecular complexity index is 361. The third-order valence-electron chi connectivity index (χ3n) is 7.74. The maximum Gasteiger partial charge on any atom is 0.0128 e. The molecule has 7 unspecified atom stereocenters. The molecule has 4 rings (SSSR count). The first-order valence-electron chi connectivity index (χ1n) is 11.4. The molecule has 0 aromatic rings. The first-order chi connectivity index (χ1) is 11.6. The molecule has 1 nitrogen and oxygen atoms in total. The van der Waals surface area contributed by atoms with Crippen molar-refractivity contribution in [3.05, 3.63) is 0 Å². The van der Waals surface area contributed by atoms with Crippen LogP contribution in [0.5, 0.6) is 0 Å². The van der Waals surface area contributed by atoms with Gasteiger partial charge in [0.1, 0.15) is 0 Å². The van der Waals surface area contributed by atoms with Crippen LogP contribution in [0.2, 0.25) is 0 Å². The van der Waals surface area contributed by atoms with Crippen LogP contribution in [0.1, 0.15) is 105 Å². The van der Waals surface area contributed by atoms with Crippen molar-refractivity contribution < 1.29 is 0 Å². The molecule has 0 radical (unpaired) electrons. The van der Waals surface area contributed by atoms with Crippen LogP contribution in [0.3, 0.4) is 0 Å². The van der Waals surface area contributed by atoms with E-state index in [-0.39, 0.29) is 5.54 Å². The Morgan fingerprint density at radius 2 is 1.17 bits per heavy atom. The fraction of sp³-hybridized carbons (Fsp3) is 1.00. The van der Waals surface area contributed by atoms with Crippen LogP contribution >= 0.6 is 0 Å². The summed E-state index contributed by atoms with van der Waals surface area (Å²) in [6.07, 6.45) is 16.3. The molecular formula is C23H45N. The van der Waals surface area contributed by atoms with Gasteiger partial charge in [-0.05, 0) is 87.4 Å². The predicted octanol–water partition coefficient (Wildman–Crippen LogP) is 6.80. The van der Waals surface area contributed by atoms with Gasteiger partial charge in [0.15, 0.2) is 0 Å². The van der Waals surface area contributed by atoms with Crippen LogP contribution in [0.15, 0.2) is 0 Å². The molecule has 0 aromatic heterocycles. The maximum absolute atomic E-state index is 6.61. The summed E-state index contributed by atoms with van der Waals surface area (Å²) in [7, 11) is 0. The number of hydrogen-bond acceptors (Lipinski definition) is 1. The van der Waals surface area contributed by atoms with Crippen LogP contribution in [0, 0.1) is 35.5 Å². The number of nitrogens with two attached hydrogens (primary N) is 1. The average molecular weight is 336 g/mol. The zero-order valence-corrected chi connectivity index (χ0v) is 17.3. The molecule has 24 heavy (non-hydrogen) atoms. The summed E-state index contributed by atoms with van der Waals surface area (Å²) >= 11 is 0. The van der Waals surface area contributed by atoms with E-state index in [9.17, 15) is 0 Å². The summed E-state index contributed by atoms with van der Waals surface area (Å²) in [6, 6.07) is 0. The summed E-state index contributed by atoms with van der Waals surface area (Å²) < 4.78 is 0. The quantitative estimate of drug-likeness (QED) is 0.517. The third kappa shape index (κ3) is 4.19. The highest BCUT2D eigenvalue weighted by molar-refractivity contribution is 5.00. The monoisotopic (exact) mass is 335 g/mol. The van der Waals surface area contributed by atoms with Crippen molar-refractivity contribution in [2.24, 2.45) is 41.2 Å². The maximum atomic E-state index is 6.61. The largest absolute Gasteiger partial charge is 0.325 e. The van der Waals surface area contributed by atoms with Gasteiger partial charge in [0, 0.05) is 5.54 Å². The molecule has 4 aliphatic rings. The lowest BCUT2D eigenvalue weighted by Crippen LogP contribution is -2.46. The number of rotatable bonds is 0. The smallest absolute Gasteiger partial charge is 0.0128 e. The fourth-order valence-corrected chi connectivity index (χ4v) is 6.94. The molecule has 142 valence electrons. The van der Waals surface area contributed by atoms with E-state index in [0.29, 0.717) is 0 Å². The summed E-state index contributed by atoms with van der Waals surface area (Å²) in [5, 5.41) is 0. The Hall–Kier alpha value is -0.0400. The average Bonchev–Trinajstić information content (AvgIpc) is 3.02. The van der Waals surface area contributed by atoms with Crippen LogP contribution in [-0.2, 0) is 0 Å². The summed E-state index contributed by atoms with van der Waals surface area (Å²) in [5.74, 6) is 6.37. The van der Waals surface area contributed by atoms with E-state index in [1.54, 1.807) is 32.1 Å². The minimum absolute atomic E-state index is 0.133. The van der Waals surface area contributed by atoms with Crippen LogP contribution < -0.4 is 5.73 Å². The van der Waals surface area contributed by atoms with Gasteiger partial charge in [0.2, 0.25) is 0 Å². The first kappa shape index (κ1) is 20.3. The van der Waals surface area contributed by atoms with Gasteiger partial charge in [-0.2, -0.15) is 0 Å². The topological polar surface area (TPSA) is 26.0 Å². The van der Waals surface area contributed by atoms with Crippen LogP contribution in [-0.4, -0.2) is 5.54 Å². The van der Waals surface area contributed by atoms with Crippen molar-refractivity contribution in [3.63, 3.8) is 0 Å². The highest BCUT2D eigenvalue weighted by atomic mass is 14.7. The van der Waals surface area contributed by atoms with Crippen molar-refractivity contribution in [3.8, 4) is 0 Å². The lowest BCUT2D eigenvalue weighted by molar-refractivity contribution is -0.00901. The second-order valence-electron chi connectivity index (χ2n) is 9.01. The van der Waals surface area contributed by atoms with Crippen LogP contribution in [0.25, 0.3) is 0 Å². The van der Waals surface area contributed by atoms with Gasteiger partial charge in [0.25, 0.3) is 0 Å². The highest BCUT2D eigenvalue weighted by Gasteiger charge is 2.49. The molecule has 0 saturated heterocycles. The van der Waals surface area contributed by atoms with Crippen molar-refractivity contribution in [1.82, 2.24) is 0 Å². The number of fused-ring (bicyclic) bond motifs is 5. The zero-order valence-electron chi connectivity index (χ0n) is 17.3. The SMILES string of the molecule is CC.CC.CC1(N)CCCC2CCC3C4CCCC4CCC3C2C1. The minimum atomic E-state index is 0.133. The number of hydrogen-bond donors (Lipinski definition) is 1. The Labute approximate surface area is 152 Å². The highest BCUT2D eigenvalue weighted by Crippen LogP contribution is 2.57. The van der Waals surface area contributed by atoms with Crippen molar-refractivity contribution in [2.45, 2.75) is 111 Å². The van der Waals surface area contributed by atoms with Crippen LogP contribution in [0.4, 0.5) is 0 Å². The van der Waals surface area contributed by atoms with Gasteiger partial charge in [-0.3, -0.25) is 0 Å². The Kier molecular flexibility index (Phi) is 7.65. The Morgan fingerprint density at radius 1 is 0.625 bits per heavy atom. The van der Waals surface area contributed by atoms with E-state index in [2.05, 4.69) is 6.92 Å². The lowest BCUT2D eigenvalue weighted by Gasteiger charge is -2.51. The molecule has 4 fully saturated rings. The van der Waals surface area contributed by atoms with E-state index in [0.717, 1.165) is 35.5 Å². The summed E-state index contributed by atoms with van der Waals surface area (Å²) in [5.41, 5.74) is 6.75. The zero-order chi connectivity index (χ0) is 17.7. The molecule has 0 aliphatic heterocycles. The van der Waals surface area contributed by atoms with E-state index in [4.69, 9.17) is 5.73 Å². The molecule has 0 aromatic carbocycles. The first-order valence-corrected chi connectivity index (χ1v) is 11.4.